The maximum Gasteiger partial charge on any atom is 0.323 e. The largest absolute Gasteiger partial charge is 0.480 e. The van der Waals surface area contributed by atoms with Gasteiger partial charge < -0.3 is 14.4 Å². The molecule has 1 fully saturated rings. The van der Waals surface area contributed by atoms with Crippen molar-refractivity contribution in [2.45, 2.75) is 13.3 Å². The van der Waals surface area contributed by atoms with Gasteiger partial charge in [0.2, 0.25) is 5.88 Å². The van der Waals surface area contributed by atoms with E-state index in [4.69, 9.17) is 9.47 Å². The molecule has 1 saturated heterocycles. The van der Waals surface area contributed by atoms with Crippen molar-refractivity contribution in [2.24, 2.45) is 5.92 Å². The van der Waals surface area contributed by atoms with E-state index in [2.05, 4.69) is 54.4 Å². The predicted octanol–water partition coefficient (Wildman–Crippen LogP) is 4.79. The molecule has 170 valence electrons. The maximum absolute atomic E-state index is 12.6. The zero-order valence-electron chi connectivity index (χ0n) is 18.2. The van der Waals surface area contributed by atoms with Gasteiger partial charge in [0.25, 0.3) is 0 Å². The lowest BCUT2D eigenvalue weighted by molar-refractivity contribution is 0.197. The molecular weight excluding hydrogens is 488 g/mol. The number of urea groups is 1. The van der Waals surface area contributed by atoms with E-state index in [1.807, 2.05) is 24.3 Å². The summed E-state index contributed by atoms with van der Waals surface area (Å²) in [6, 6.07) is 11.2. The molecule has 1 unspecified atom stereocenters. The number of amides is 2. The number of halogens is 1. The lowest BCUT2D eigenvalue weighted by Crippen LogP contribution is -2.42. The lowest BCUT2D eigenvalue weighted by Gasteiger charge is -2.33. The molecule has 0 saturated carbocycles. The third-order valence-corrected chi connectivity index (χ3v) is 5.59. The van der Waals surface area contributed by atoms with Gasteiger partial charge in [-0.05, 0) is 52.0 Å². The van der Waals surface area contributed by atoms with Crippen molar-refractivity contribution in [2.75, 3.05) is 25.5 Å². The number of benzene rings is 1. The van der Waals surface area contributed by atoms with Crippen molar-refractivity contribution in [3.8, 4) is 17.6 Å². The summed E-state index contributed by atoms with van der Waals surface area (Å²) in [6.45, 7) is 3.35. The van der Waals surface area contributed by atoms with Gasteiger partial charge in [-0.1, -0.05) is 30.7 Å². The number of carbonyl (C=O) groups excluding carboxylic acids is 1. The van der Waals surface area contributed by atoms with E-state index in [9.17, 15) is 4.79 Å². The first-order valence-electron chi connectivity index (χ1n) is 10.4. The van der Waals surface area contributed by atoms with Crippen molar-refractivity contribution < 1.29 is 14.3 Å². The van der Waals surface area contributed by atoms with Crippen LogP contribution in [0.1, 0.15) is 18.9 Å². The zero-order valence-corrected chi connectivity index (χ0v) is 19.8. The standard InChI is InChI=1S/C23H23BrN6O3/c1-15-14-30(23(31)27-20-6-7-21(32-2)29-28-20)9-8-17(15)10-16-4-3-5-19(11-16)33-22-25-12-18(24)13-26-22/h3-7,10-13,15H,8-9,14H2,1-2H3,(H,27,28,31). The van der Waals surface area contributed by atoms with E-state index in [1.54, 1.807) is 29.4 Å². The molecule has 1 aromatic carbocycles. The molecule has 0 radical (unpaired) electrons. The van der Waals surface area contributed by atoms with Crippen LogP contribution in [0.15, 0.2) is 58.8 Å². The number of anilines is 1. The molecule has 4 rings (SSSR count). The molecule has 1 atom stereocenters. The smallest absolute Gasteiger partial charge is 0.323 e. The van der Waals surface area contributed by atoms with Crippen molar-refractivity contribution >= 4 is 33.9 Å². The highest BCUT2D eigenvalue weighted by Crippen LogP contribution is 2.27. The van der Waals surface area contributed by atoms with Gasteiger partial charge in [-0.2, -0.15) is 0 Å². The van der Waals surface area contributed by atoms with Crippen molar-refractivity contribution in [3.63, 3.8) is 0 Å². The Morgan fingerprint density at radius 3 is 2.73 bits per heavy atom. The molecule has 9 nitrogen and oxygen atoms in total. The lowest BCUT2D eigenvalue weighted by atomic mass is 9.91. The van der Waals surface area contributed by atoms with Crippen LogP contribution in [0.4, 0.5) is 10.6 Å². The van der Waals surface area contributed by atoms with Gasteiger partial charge in [0.15, 0.2) is 5.82 Å². The van der Waals surface area contributed by atoms with Crippen LogP contribution >= 0.6 is 15.9 Å². The van der Waals surface area contributed by atoms with Crippen LogP contribution in [0.2, 0.25) is 0 Å². The molecule has 1 aliphatic rings. The average Bonchev–Trinajstić information content (AvgIpc) is 2.82. The number of piperidine rings is 1. The SMILES string of the molecule is COc1ccc(NC(=O)N2CCC(=Cc3cccc(Oc4ncc(Br)cn4)c3)C(C)C2)nn1. The van der Waals surface area contributed by atoms with E-state index < -0.39 is 0 Å². The molecule has 3 aromatic rings. The van der Waals surface area contributed by atoms with Gasteiger partial charge in [-0.3, -0.25) is 5.32 Å². The molecule has 0 bridgehead atoms. The third-order valence-electron chi connectivity index (χ3n) is 5.18. The number of carbonyl (C=O) groups is 1. The van der Waals surface area contributed by atoms with Crippen LogP contribution in [0, 0.1) is 5.92 Å². The van der Waals surface area contributed by atoms with Gasteiger partial charge >= 0.3 is 12.0 Å². The number of hydrogen-bond acceptors (Lipinski definition) is 7. The Bertz CT molecular complexity index is 1140. The van der Waals surface area contributed by atoms with Gasteiger partial charge in [-0.25, -0.2) is 14.8 Å². The number of likely N-dealkylation sites (tertiary alicyclic amines) is 1. The van der Waals surface area contributed by atoms with E-state index in [1.165, 1.54) is 12.7 Å². The Morgan fingerprint density at radius 2 is 2.03 bits per heavy atom. The second-order valence-corrected chi connectivity index (χ2v) is 8.48. The van der Waals surface area contributed by atoms with Crippen molar-refractivity contribution in [3.05, 3.63) is 64.4 Å². The maximum atomic E-state index is 12.6. The first-order valence-corrected chi connectivity index (χ1v) is 11.2. The summed E-state index contributed by atoms with van der Waals surface area (Å²) in [7, 11) is 1.52. The van der Waals surface area contributed by atoms with E-state index in [0.717, 1.165) is 16.5 Å². The number of hydrogen-bond donors (Lipinski definition) is 1. The normalized spacial score (nSPS) is 17.0. The zero-order chi connectivity index (χ0) is 23.2. The first kappa shape index (κ1) is 22.7. The minimum Gasteiger partial charge on any atom is -0.480 e. The van der Waals surface area contributed by atoms with Crippen LogP contribution in [-0.2, 0) is 0 Å². The fraction of sp³-hybridized carbons (Fsp3) is 0.261. The molecule has 33 heavy (non-hydrogen) atoms. The number of nitrogens with one attached hydrogen (secondary N) is 1. The van der Waals surface area contributed by atoms with Crippen LogP contribution < -0.4 is 14.8 Å². The van der Waals surface area contributed by atoms with Gasteiger partial charge in [-0.15, -0.1) is 10.2 Å². The van der Waals surface area contributed by atoms with E-state index in [0.29, 0.717) is 30.5 Å². The topological polar surface area (TPSA) is 102 Å². The Labute approximate surface area is 200 Å². The van der Waals surface area contributed by atoms with Crippen molar-refractivity contribution in [1.82, 2.24) is 25.1 Å². The van der Waals surface area contributed by atoms with E-state index in [-0.39, 0.29) is 18.0 Å². The number of methoxy groups -OCH3 is 1. The van der Waals surface area contributed by atoms with Crippen LogP contribution in [0.25, 0.3) is 6.08 Å². The molecule has 0 spiro atoms. The summed E-state index contributed by atoms with van der Waals surface area (Å²) < 4.78 is 11.5. The number of nitrogens with zero attached hydrogens (tertiary/aromatic N) is 5. The second-order valence-electron chi connectivity index (χ2n) is 7.57. The highest BCUT2D eigenvalue weighted by molar-refractivity contribution is 9.10. The van der Waals surface area contributed by atoms with E-state index >= 15 is 0 Å². The Morgan fingerprint density at radius 1 is 1.21 bits per heavy atom. The third kappa shape index (κ3) is 6.04. The highest BCUT2D eigenvalue weighted by Gasteiger charge is 2.24. The molecule has 2 amide bonds. The summed E-state index contributed by atoms with van der Waals surface area (Å²) in [4.78, 5) is 22.7. The first-order chi connectivity index (χ1) is 16.0. The van der Waals surface area contributed by atoms with Gasteiger partial charge in [0.05, 0.1) is 11.6 Å². The summed E-state index contributed by atoms with van der Waals surface area (Å²) >= 11 is 3.31. The quantitative estimate of drug-likeness (QED) is 0.526. The molecule has 10 heteroatoms. The summed E-state index contributed by atoms with van der Waals surface area (Å²) in [5.41, 5.74) is 2.30. The van der Waals surface area contributed by atoms with Crippen LogP contribution in [0.5, 0.6) is 17.6 Å². The highest BCUT2D eigenvalue weighted by atomic mass is 79.9. The molecule has 1 N–H and O–H groups in total. The second kappa shape index (κ2) is 10.4. The molecular formula is C23H23BrN6O3. The number of aromatic nitrogens is 4. The molecule has 2 aromatic heterocycles. The van der Waals surface area contributed by atoms with Crippen LogP contribution in [-0.4, -0.2) is 51.3 Å². The van der Waals surface area contributed by atoms with Gasteiger partial charge in [0.1, 0.15) is 5.75 Å². The Kier molecular flexibility index (Phi) is 7.13. The summed E-state index contributed by atoms with van der Waals surface area (Å²) in [6.07, 6.45) is 6.22. The number of ether oxygens (including phenoxy) is 2. The molecule has 0 aliphatic carbocycles. The number of rotatable bonds is 5. The van der Waals surface area contributed by atoms with Crippen molar-refractivity contribution in [1.29, 1.82) is 0 Å². The minimum absolute atomic E-state index is 0.190. The Hall–Kier alpha value is -3.53. The fourth-order valence-corrected chi connectivity index (χ4v) is 3.68. The van der Waals surface area contributed by atoms with Crippen LogP contribution in [0.3, 0.4) is 0 Å². The summed E-state index contributed by atoms with van der Waals surface area (Å²) in [5.74, 6) is 1.66. The predicted molar refractivity (Wildman–Crippen MR) is 127 cm³/mol. The fourth-order valence-electron chi connectivity index (χ4n) is 3.47. The molecule has 1 aliphatic heterocycles. The monoisotopic (exact) mass is 510 g/mol. The minimum atomic E-state index is -0.190. The average molecular weight is 511 g/mol. The summed E-state index contributed by atoms with van der Waals surface area (Å²) in [5, 5.41) is 10.6. The Balaban J connectivity index is 1.37. The van der Waals surface area contributed by atoms with Gasteiger partial charge in [0, 0.05) is 31.5 Å². The molecule has 3 heterocycles.